The van der Waals surface area contributed by atoms with Gasteiger partial charge >= 0.3 is 0 Å². The van der Waals surface area contributed by atoms with Crippen molar-refractivity contribution in [2.24, 2.45) is 0 Å². The maximum atomic E-state index is 5.77. The third-order valence-electron chi connectivity index (χ3n) is 3.91. The molecule has 0 bridgehead atoms. The van der Waals surface area contributed by atoms with Crippen LogP contribution < -0.4 is 10.2 Å². The summed E-state index contributed by atoms with van der Waals surface area (Å²) >= 11 is 0. The zero-order chi connectivity index (χ0) is 16.2. The van der Waals surface area contributed by atoms with E-state index >= 15 is 0 Å². The van der Waals surface area contributed by atoms with Gasteiger partial charge in [-0.3, -0.25) is 0 Å². The van der Waals surface area contributed by atoms with Crippen molar-refractivity contribution in [3.8, 4) is 0 Å². The second kappa shape index (κ2) is 6.96. The first-order valence-electron chi connectivity index (χ1n) is 8.13. The Balaban J connectivity index is 1.61. The fourth-order valence-corrected chi connectivity index (χ4v) is 2.91. The predicted molar refractivity (Wildman–Crippen MR) is 92.8 cm³/mol. The van der Waals surface area contributed by atoms with Crippen molar-refractivity contribution in [1.82, 2.24) is 9.97 Å². The number of anilines is 2. The molecule has 1 aliphatic heterocycles. The van der Waals surface area contributed by atoms with Gasteiger partial charge in [-0.1, -0.05) is 12.1 Å². The predicted octanol–water partition coefficient (Wildman–Crippen LogP) is 3.01. The molecule has 5 heteroatoms. The topological polar surface area (TPSA) is 50.3 Å². The van der Waals surface area contributed by atoms with Crippen molar-refractivity contribution in [3.05, 3.63) is 47.8 Å². The number of hydrogen-bond acceptors (Lipinski definition) is 5. The third kappa shape index (κ3) is 4.20. The quantitative estimate of drug-likeness (QED) is 0.940. The Morgan fingerprint density at radius 1 is 1.17 bits per heavy atom. The zero-order valence-corrected chi connectivity index (χ0v) is 14.0. The summed E-state index contributed by atoms with van der Waals surface area (Å²) in [6, 6.07) is 10.2. The molecule has 0 spiro atoms. The Morgan fingerprint density at radius 2 is 1.96 bits per heavy atom. The first-order valence-corrected chi connectivity index (χ1v) is 8.13. The highest BCUT2D eigenvalue weighted by molar-refractivity contribution is 5.41. The summed E-state index contributed by atoms with van der Waals surface area (Å²) < 4.78 is 5.77. The van der Waals surface area contributed by atoms with E-state index in [1.54, 1.807) is 0 Å². The van der Waals surface area contributed by atoms with Gasteiger partial charge in [0.2, 0.25) is 0 Å². The smallest absolute Gasteiger partial charge is 0.128 e. The molecule has 1 aliphatic rings. The van der Waals surface area contributed by atoms with Gasteiger partial charge in [-0.25, -0.2) is 9.97 Å². The van der Waals surface area contributed by atoms with Crippen LogP contribution in [0.5, 0.6) is 0 Å². The van der Waals surface area contributed by atoms with Crippen LogP contribution in [-0.2, 0) is 11.3 Å². The SMILES string of the molecule is Cc1cccc(NCc2ccc(N3CC(C)OC(C)C3)nc2)n1. The molecule has 0 radical (unpaired) electrons. The van der Waals surface area contributed by atoms with E-state index in [1.807, 2.05) is 31.3 Å². The third-order valence-corrected chi connectivity index (χ3v) is 3.91. The molecule has 0 saturated carbocycles. The van der Waals surface area contributed by atoms with E-state index in [1.165, 1.54) is 0 Å². The molecule has 2 aromatic rings. The van der Waals surface area contributed by atoms with Gasteiger partial charge in [-0.05, 0) is 44.5 Å². The van der Waals surface area contributed by atoms with Crippen LogP contribution >= 0.6 is 0 Å². The molecular formula is C18H24N4O. The lowest BCUT2D eigenvalue weighted by Crippen LogP contribution is -2.45. The van der Waals surface area contributed by atoms with Crippen LogP contribution in [0.2, 0.25) is 0 Å². The Labute approximate surface area is 137 Å². The Hall–Kier alpha value is -2.14. The second-order valence-corrected chi connectivity index (χ2v) is 6.20. The normalized spacial score (nSPS) is 21.3. The number of nitrogens with zero attached hydrogens (tertiary/aromatic N) is 3. The number of aromatic nitrogens is 2. The molecule has 1 N–H and O–H groups in total. The van der Waals surface area contributed by atoms with E-state index in [-0.39, 0.29) is 12.2 Å². The van der Waals surface area contributed by atoms with Crippen LogP contribution in [0.1, 0.15) is 25.1 Å². The van der Waals surface area contributed by atoms with E-state index in [0.717, 1.165) is 42.5 Å². The largest absolute Gasteiger partial charge is 0.372 e. The summed E-state index contributed by atoms with van der Waals surface area (Å²) in [5.74, 6) is 1.91. The Morgan fingerprint density at radius 3 is 2.61 bits per heavy atom. The minimum absolute atomic E-state index is 0.245. The molecule has 0 aromatic carbocycles. The van der Waals surface area contributed by atoms with E-state index in [4.69, 9.17) is 4.74 Å². The molecule has 1 saturated heterocycles. The van der Waals surface area contributed by atoms with Crippen molar-refractivity contribution >= 4 is 11.6 Å². The molecule has 2 atom stereocenters. The van der Waals surface area contributed by atoms with Gasteiger partial charge in [0.25, 0.3) is 0 Å². The fraction of sp³-hybridized carbons (Fsp3) is 0.444. The highest BCUT2D eigenvalue weighted by atomic mass is 16.5. The minimum atomic E-state index is 0.245. The molecule has 3 rings (SSSR count). The molecule has 23 heavy (non-hydrogen) atoms. The molecule has 2 aromatic heterocycles. The summed E-state index contributed by atoms with van der Waals surface area (Å²) in [5.41, 5.74) is 2.16. The van der Waals surface area contributed by atoms with Gasteiger partial charge in [-0.15, -0.1) is 0 Å². The molecule has 0 aliphatic carbocycles. The number of ether oxygens (including phenoxy) is 1. The molecule has 122 valence electrons. The van der Waals surface area contributed by atoms with Crippen LogP contribution in [-0.4, -0.2) is 35.3 Å². The molecule has 3 heterocycles. The first kappa shape index (κ1) is 15.7. The summed E-state index contributed by atoms with van der Waals surface area (Å²) in [4.78, 5) is 11.3. The molecule has 2 unspecified atom stereocenters. The minimum Gasteiger partial charge on any atom is -0.372 e. The number of hydrogen-bond donors (Lipinski definition) is 1. The van der Waals surface area contributed by atoms with Crippen molar-refractivity contribution < 1.29 is 4.74 Å². The average Bonchev–Trinajstić information content (AvgIpc) is 2.53. The average molecular weight is 312 g/mol. The summed E-state index contributed by atoms with van der Waals surface area (Å²) in [6.07, 6.45) is 2.42. The summed E-state index contributed by atoms with van der Waals surface area (Å²) in [6.45, 7) is 8.71. The number of rotatable bonds is 4. The molecular weight excluding hydrogens is 288 g/mol. The van der Waals surface area contributed by atoms with Crippen LogP contribution in [0.3, 0.4) is 0 Å². The lowest BCUT2D eigenvalue weighted by molar-refractivity contribution is -0.00545. The summed E-state index contributed by atoms with van der Waals surface area (Å²) in [7, 11) is 0. The van der Waals surface area contributed by atoms with Crippen molar-refractivity contribution in [2.45, 2.75) is 39.5 Å². The fourth-order valence-electron chi connectivity index (χ4n) is 2.91. The van der Waals surface area contributed by atoms with Crippen molar-refractivity contribution in [1.29, 1.82) is 0 Å². The van der Waals surface area contributed by atoms with Gasteiger partial charge in [-0.2, -0.15) is 0 Å². The first-order chi connectivity index (χ1) is 11.1. The van der Waals surface area contributed by atoms with Gasteiger partial charge < -0.3 is 15.0 Å². The highest BCUT2D eigenvalue weighted by Gasteiger charge is 2.22. The number of pyridine rings is 2. The van der Waals surface area contributed by atoms with Crippen LogP contribution in [0.4, 0.5) is 11.6 Å². The highest BCUT2D eigenvalue weighted by Crippen LogP contribution is 2.18. The standard InChI is InChI=1S/C18H24N4O/c1-13-5-4-6-17(21-13)19-9-16-7-8-18(20-10-16)22-11-14(2)23-15(3)12-22/h4-8,10,14-15H,9,11-12H2,1-3H3,(H,19,21). The Kier molecular flexibility index (Phi) is 4.76. The van der Waals surface area contributed by atoms with Crippen LogP contribution in [0.15, 0.2) is 36.5 Å². The molecule has 5 nitrogen and oxygen atoms in total. The lowest BCUT2D eigenvalue weighted by Gasteiger charge is -2.36. The Bertz CT molecular complexity index is 634. The van der Waals surface area contributed by atoms with Crippen molar-refractivity contribution in [3.63, 3.8) is 0 Å². The maximum Gasteiger partial charge on any atom is 0.128 e. The monoisotopic (exact) mass is 312 g/mol. The lowest BCUT2D eigenvalue weighted by atomic mass is 10.2. The number of aryl methyl sites for hydroxylation is 1. The van der Waals surface area contributed by atoms with E-state index < -0.39 is 0 Å². The zero-order valence-electron chi connectivity index (χ0n) is 14.0. The van der Waals surface area contributed by atoms with Crippen LogP contribution in [0.25, 0.3) is 0 Å². The van der Waals surface area contributed by atoms with Gasteiger partial charge in [0.15, 0.2) is 0 Å². The van der Waals surface area contributed by atoms with Crippen LogP contribution in [0, 0.1) is 6.92 Å². The van der Waals surface area contributed by atoms with Crippen molar-refractivity contribution in [2.75, 3.05) is 23.3 Å². The number of nitrogens with one attached hydrogen (secondary N) is 1. The van der Waals surface area contributed by atoms with E-state index in [9.17, 15) is 0 Å². The van der Waals surface area contributed by atoms with E-state index in [0.29, 0.717) is 0 Å². The maximum absolute atomic E-state index is 5.77. The molecule has 1 fully saturated rings. The van der Waals surface area contributed by atoms with Gasteiger partial charge in [0.05, 0.1) is 12.2 Å². The molecule has 0 amide bonds. The van der Waals surface area contributed by atoms with Gasteiger partial charge in [0, 0.05) is 31.5 Å². The summed E-state index contributed by atoms with van der Waals surface area (Å²) in [5, 5.41) is 3.33. The second-order valence-electron chi connectivity index (χ2n) is 6.20. The number of morpholine rings is 1. The van der Waals surface area contributed by atoms with E-state index in [2.05, 4.69) is 46.2 Å². The van der Waals surface area contributed by atoms with Gasteiger partial charge in [0.1, 0.15) is 11.6 Å².